The Morgan fingerprint density at radius 1 is 1.38 bits per heavy atom. The highest BCUT2D eigenvalue weighted by molar-refractivity contribution is 5.55. The third-order valence-corrected chi connectivity index (χ3v) is 1.67. The third-order valence-electron chi connectivity index (χ3n) is 1.67. The van der Waals surface area contributed by atoms with Gasteiger partial charge >= 0.3 is 0 Å². The molecule has 0 aliphatic heterocycles. The predicted octanol–water partition coefficient (Wildman–Crippen LogP) is 2.83. The van der Waals surface area contributed by atoms with Crippen LogP contribution in [0.15, 0.2) is 41.6 Å². The molecule has 0 N–H and O–H groups in total. The van der Waals surface area contributed by atoms with Gasteiger partial charge in [-0.05, 0) is 24.1 Å². The molecule has 0 spiro atoms. The van der Waals surface area contributed by atoms with Gasteiger partial charge < -0.3 is 4.79 Å². The van der Waals surface area contributed by atoms with Gasteiger partial charge in [-0.15, -0.1) is 5.73 Å². The Bertz CT molecular complexity index is 329. The van der Waals surface area contributed by atoms with Crippen LogP contribution in [0.2, 0.25) is 0 Å². The molecule has 1 aromatic rings. The van der Waals surface area contributed by atoms with Crippen molar-refractivity contribution < 1.29 is 4.79 Å². The maximum atomic E-state index is 10.2. The fourth-order valence-electron chi connectivity index (χ4n) is 0.940. The SMILES string of the molecule is CC(=C=Cc1ccccc1)CC=O. The summed E-state index contributed by atoms with van der Waals surface area (Å²) in [5, 5.41) is 0. The quantitative estimate of drug-likeness (QED) is 0.506. The van der Waals surface area contributed by atoms with E-state index in [0.717, 1.165) is 17.4 Å². The first-order chi connectivity index (χ1) is 6.33. The fraction of sp³-hybridized carbons (Fsp3) is 0.167. The molecule has 0 saturated heterocycles. The summed E-state index contributed by atoms with van der Waals surface area (Å²) in [4.78, 5) is 10.2. The Morgan fingerprint density at radius 3 is 2.69 bits per heavy atom. The highest BCUT2D eigenvalue weighted by Gasteiger charge is 1.84. The van der Waals surface area contributed by atoms with Crippen molar-refractivity contribution in [2.45, 2.75) is 13.3 Å². The zero-order valence-electron chi connectivity index (χ0n) is 7.66. The fourth-order valence-corrected chi connectivity index (χ4v) is 0.940. The van der Waals surface area contributed by atoms with Crippen LogP contribution in [0.1, 0.15) is 18.9 Å². The van der Waals surface area contributed by atoms with E-state index >= 15 is 0 Å². The van der Waals surface area contributed by atoms with Crippen molar-refractivity contribution in [2.24, 2.45) is 0 Å². The highest BCUT2D eigenvalue weighted by Crippen LogP contribution is 2.01. The largest absolute Gasteiger partial charge is 0.303 e. The molecular formula is C12H12O. The van der Waals surface area contributed by atoms with Crippen LogP contribution >= 0.6 is 0 Å². The summed E-state index contributed by atoms with van der Waals surface area (Å²) in [6.07, 6.45) is 3.24. The van der Waals surface area contributed by atoms with Crippen LogP contribution in [0.3, 0.4) is 0 Å². The number of hydrogen-bond donors (Lipinski definition) is 0. The molecule has 0 aliphatic rings. The summed E-state index contributed by atoms with van der Waals surface area (Å²) < 4.78 is 0. The molecule has 0 atom stereocenters. The van der Waals surface area contributed by atoms with Crippen LogP contribution in [0.4, 0.5) is 0 Å². The van der Waals surface area contributed by atoms with E-state index in [2.05, 4.69) is 5.73 Å². The molecular weight excluding hydrogens is 160 g/mol. The monoisotopic (exact) mass is 172 g/mol. The average Bonchev–Trinajstić information content (AvgIpc) is 2.17. The number of rotatable bonds is 3. The first kappa shape index (κ1) is 9.50. The summed E-state index contributed by atoms with van der Waals surface area (Å²) in [6, 6.07) is 9.92. The third kappa shape index (κ3) is 3.55. The minimum Gasteiger partial charge on any atom is -0.303 e. The molecule has 13 heavy (non-hydrogen) atoms. The number of carbonyl (C=O) groups is 1. The van der Waals surface area contributed by atoms with Crippen LogP contribution in [-0.4, -0.2) is 6.29 Å². The standard InChI is InChI=1S/C12H12O/c1-11(9-10-13)7-8-12-5-3-2-4-6-12/h2-6,8,10H,9H2,1H3. The van der Waals surface area contributed by atoms with E-state index in [1.165, 1.54) is 0 Å². The number of hydrogen-bond acceptors (Lipinski definition) is 1. The Morgan fingerprint density at radius 2 is 2.08 bits per heavy atom. The van der Waals surface area contributed by atoms with Crippen LogP contribution in [0.5, 0.6) is 0 Å². The lowest BCUT2D eigenvalue weighted by atomic mass is 10.2. The molecule has 1 heteroatoms. The molecule has 0 unspecified atom stereocenters. The maximum Gasteiger partial charge on any atom is 0.124 e. The first-order valence-electron chi connectivity index (χ1n) is 4.24. The Labute approximate surface area is 78.4 Å². The van der Waals surface area contributed by atoms with Gasteiger partial charge in [0.25, 0.3) is 0 Å². The molecule has 1 rings (SSSR count). The van der Waals surface area contributed by atoms with E-state index in [-0.39, 0.29) is 0 Å². The number of benzene rings is 1. The van der Waals surface area contributed by atoms with Crippen LogP contribution in [0.25, 0.3) is 6.08 Å². The van der Waals surface area contributed by atoms with E-state index in [1.54, 1.807) is 0 Å². The van der Waals surface area contributed by atoms with Crippen molar-refractivity contribution in [1.29, 1.82) is 0 Å². The Hall–Kier alpha value is -1.59. The molecule has 0 heterocycles. The summed E-state index contributed by atoms with van der Waals surface area (Å²) in [6.45, 7) is 1.90. The summed E-state index contributed by atoms with van der Waals surface area (Å²) >= 11 is 0. The zero-order valence-corrected chi connectivity index (χ0v) is 7.66. The van der Waals surface area contributed by atoms with Crippen molar-refractivity contribution in [1.82, 2.24) is 0 Å². The molecule has 0 aliphatic carbocycles. The summed E-state index contributed by atoms with van der Waals surface area (Å²) in [7, 11) is 0. The van der Waals surface area contributed by atoms with Gasteiger partial charge in [0, 0.05) is 6.42 Å². The van der Waals surface area contributed by atoms with Gasteiger partial charge in [0.2, 0.25) is 0 Å². The van der Waals surface area contributed by atoms with Crippen molar-refractivity contribution in [2.75, 3.05) is 0 Å². The normalized spacial score (nSPS) is 8.69. The summed E-state index contributed by atoms with van der Waals surface area (Å²) in [5.74, 6) is 0. The minimum atomic E-state index is 0.462. The van der Waals surface area contributed by atoms with Crippen LogP contribution in [-0.2, 0) is 4.79 Å². The first-order valence-corrected chi connectivity index (χ1v) is 4.24. The van der Waals surface area contributed by atoms with Crippen molar-refractivity contribution >= 4 is 12.4 Å². The van der Waals surface area contributed by atoms with Crippen molar-refractivity contribution in [3.05, 3.63) is 47.2 Å². The number of allylic oxidation sites excluding steroid dienone is 1. The summed E-state index contributed by atoms with van der Waals surface area (Å²) in [5.41, 5.74) is 5.12. The number of carbonyl (C=O) groups excluding carboxylic acids is 1. The second-order valence-corrected chi connectivity index (χ2v) is 2.85. The van der Waals surface area contributed by atoms with E-state index in [4.69, 9.17) is 0 Å². The second-order valence-electron chi connectivity index (χ2n) is 2.85. The number of aldehydes is 1. The smallest absolute Gasteiger partial charge is 0.124 e. The van der Waals surface area contributed by atoms with Crippen LogP contribution < -0.4 is 0 Å². The predicted molar refractivity (Wildman–Crippen MR) is 54.3 cm³/mol. The lowest BCUT2D eigenvalue weighted by Gasteiger charge is -1.88. The second kappa shape index (κ2) is 5.13. The van der Waals surface area contributed by atoms with Crippen molar-refractivity contribution in [3.8, 4) is 0 Å². The maximum absolute atomic E-state index is 10.2. The highest BCUT2D eigenvalue weighted by atomic mass is 16.1. The van der Waals surface area contributed by atoms with E-state index < -0.39 is 0 Å². The molecule has 0 radical (unpaired) electrons. The molecule has 0 aromatic heterocycles. The Kier molecular flexibility index (Phi) is 3.74. The molecule has 66 valence electrons. The lowest BCUT2D eigenvalue weighted by molar-refractivity contribution is -0.107. The van der Waals surface area contributed by atoms with E-state index in [1.807, 2.05) is 43.3 Å². The van der Waals surface area contributed by atoms with Gasteiger partial charge in [0.1, 0.15) is 6.29 Å². The van der Waals surface area contributed by atoms with Gasteiger partial charge in [-0.25, -0.2) is 0 Å². The zero-order chi connectivity index (χ0) is 9.52. The van der Waals surface area contributed by atoms with Gasteiger partial charge in [-0.2, -0.15) is 0 Å². The van der Waals surface area contributed by atoms with Gasteiger partial charge in [-0.1, -0.05) is 30.3 Å². The average molecular weight is 172 g/mol. The molecule has 1 nitrogen and oxygen atoms in total. The molecule has 0 saturated carbocycles. The molecule has 0 bridgehead atoms. The topological polar surface area (TPSA) is 17.1 Å². The molecule has 1 aromatic carbocycles. The molecule has 0 amide bonds. The van der Waals surface area contributed by atoms with E-state index in [9.17, 15) is 4.79 Å². The van der Waals surface area contributed by atoms with Gasteiger partial charge in [-0.3, -0.25) is 0 Å². The minimum absolute atomic E-state index is 0.462. The lowest BCUT2D eigenvalue weighted by Crippen LogP contribution is -1.74. The van der Waals surface area contributed by atoms with E-state index in [0.29, 0.717) is 6.42 Å². The van der Waals surface area contributed by atoms with Crippen LogP contribution in [0, 0.1) is 0 Å². The van der Waals surface area contributed by atoms with Gasteiger partial charge in [0.15, 0.2) is 0 Å². The molecule has 0 fully saturated rings. The van der Waals surface area contributed by atoms with Crippen molar-refractivity contribution in [3.63, 3.8) is 0 Å². The Balaban J connectivity index is 2.78. The van der Waals surface area contributed by atoms with Gasteiger partial charge in [0.05, 0.1) is 0 Å².